The van der Waals surface area contributed by atoms with E-state index in [1.807, 2.05) is 0 Å². The van der Waals surface area contributed by atoms with Crippen LogP contribution in [0.1, 0.15) is 5.56 Å². The molecule has 0 aliphatic rings. The van der Waals surface area contributed by atoms with Crippen LogP contribution in [0.5, 0.6) is 0 Å². The normalized spacial score (nSPS) is 11.2. The average Bonchev–Trinajstić information content (AvgIpc) is 2.88. The van der Waals surface area contributed by atoms with Gasteiger partial charge in [0.05, 0.1) is 4.90 Å². The van der Waals surface area contributed by atoms with E-state index in [4.69, 9.17) is 5.14 Å². The number of nitrogens with zero attached hydrogens (tertiary/aromatic N) is 2. The molecule has 0 saturated carbocycles. The Morgan fingerprint density at radius 3 is 2.55 bits per heavy atom. The third kappa shape index (κ3) is 3.90. The molecular weight excluding hydrogens is 280 g/mol. The number of amides is 1. The maximum atomic E-state index is 11.6. The standard InChI is InChI=1S/C12H14N4O3S/c13-20(18,19)11-4-2-10(3-5-11)8-14-12(17)9-16-7-1-6-15-16/h1-7H,8-9H2,(H,14,17)(H2,13,18,19). The molecule has 8 heteroatoms. The van der Waals surface area contributed by atoms with Gasteiger partial charge in [-0.2, -0.15) is 5.10 Å². The van der Waals surface area contributed by atoms with Crippen LogP contribution in [0.15, 0.2) is 47.6 Å². The van der Waals surface area contributed by atoms with E-state index in [1.54, 1.807) is 30.6 Å². The molecule has 1 heterocycles. The summed E-state index contributed by atoms with van der Waals surface area (Å²) in [5, 5.41) is 11.6. The fourth-order valence-corrected chi connectivity index (χ4v) is 2.11. The summed E-state index contributed by atoms with van der Waals surface area (Å²) in [6.07, 6.45) is 3.29. The summed E-state index contributed by atoms with van der Waals surface area (Å²) >= 11 is 0. The van der Waals surface area contributed by atoms with Crippen molar-refractivity contribution in [3.63, 3.8) is 0 Å². The highest BCUT2D eigenvalue weighted by Gasteiger charge is 2.07. The van der Waals surface area contributed by atoms with E-state index < -0.39 is 10.0 Å². The molecule has 1 aromatic heterocycles. The monoisotopic (exact) mass is 294 g/mol. The number of hydrogen-bond acceptors (Lipinski definition) is 4. The van der Waals surface area contributed by atoms with Crippen molar-refractivity contribution in [3.05, 3.63) is 48.3 Å². The molecule has 20 heavy (non-hydrogen) atoms. The number of nitrogens with two attached hydrogens (primary N) is 1. The molecule has 0 radical (unpaired) electrons. The second kappa shape index (κ2) is 5.85. The summed E-state index contributed by atoms with van der Waals surface area (Å²) < 4.78 is 23.7. The Labute approximate surface area is 116 Å². The number of rotatable bonds is 5. The Morgan fingerprint density at radius 1 is 1.30 bits per heavy atom. The zero-order chi connectivity index (χ0) is 14.6. The Morgan fingerprint density at radius 2 is 2.00 bits per heavy atom. The van der Waals surface area contributed by atoms with Crippen molar-refractivity contribution < 1.29 is 13.2 Å². The topological polar surface area (TPSA) is 107 Å². The first-order valence-corrected chi connectivity index (χ1v) is 7.35. The predicted molar refractivity (Wildman–Crippen MR) is 71.9 cm³/mol. The summed E-state index contributed by atoms with van der Waals surface area (Å²) in [6.45, 7) is 0.452. The maximum absolute atomic E-state index is 11.6. The molecule has 1 amide bonds. The fraction of sp³-hybridized carbons (Fsp3) is 0.167. The fourth-order valence-electron chi connectivity index (χ4n) is 1.59. The molecule has 0 aliphatic heterocycles. The van der Waals surface area contributed by atoms with Gasteiger partial charge in [0.2, 0.25) is 15.9 Å². The molecule has 0 fully saturated rings. The van der Waals surface area contributed by atoms with Crippen LogP contribution < -0.4 is 10.5 Å². The number of aromatic nitrogens is 2. The number of hydrogen-bond donors (Lipinski definition) is 2. The van der Waals surface area contributed by atoms with Gasteiger partial charge in [0.15, 0.2) is 0 Å². The van der Waals surface area contributed by atoms with Gasteiger partial charge in [0.25, 0.3) is 0 Å². The van der Waals surface area contributed by atoms with E-state index in [0.29, 0.717) is 6.54 Å². The number of nitrogens with one attached hydrogen (secondary N) is 1. The highest BCUT2D eigenvalue weighted by Crippen LogP contribution is 2.08. The van der Waals surface area contributed by atoms with Crippen molar-refractivity contribution in [2.24, 2.45) is 5.14 Å². The van der Waals surface area contributed by atoms with Gasteiger partial charge in [-0.25, -0.2) is 13.6 Å². The number of benzene rings is 1. The van der Waals surface area contributed by atoms with Crippen LogP contribution in [0.3, 0.4) is 0 Å². The molecule has 0 bridgehead atoms. The second-order valence-electron chi connectivity index (χ2n) is 4.17. The summed E-state index contributed by atoms with van der Waals surface area (Å²) in [4.78, 5) is 11.7. The van der Waals surface area contributed by atoms with Crippen LogP contribution in [0.4, 0.5) is 0 Å². The van der Waals surface area contributed by atoms with Crippen molar-refractivity contribution in [1.82, 2.24) is 15.1 Å². The molecule has 0 spiro atoms. The van der Waals surface area contributed by atoms with E-state index in [9.17, 15) is 13.2 Å². The Hall–Kier alpha value is -2.19. The van der Waals surface area contributed by atoms with E-state index in [-0.39, 0.29) is 17.3 Å². The lowest BCUT2D eigenvalue weighted by atomic mass is 10.2. The minimum absolute atomic E-state index is 0.0455. The zero-order valence-corrected chi connectivity index (χ0v) is 11.4. The van der Waals surface area contributed by atoms with Crippen molar-refractivity contribution in [3.8, 4) is 0 Å². The summed E-state index contributed by atoms with van der Waals surface area (Å²) in [5.74, 6) is -0.177. The first-order valence-electron chi connectivity index (χ1n) is 5.81. The Kier molecular flexibility index (Phi) is 4.16. The lowest BCUT2D eigenvalue weighted by Crippen LogP contribution is -2.27. The zero-order valence-electron chi connectivity index (χ0n) is 10.6. The molecule has 3 N–H and O–H groups in total. The molecule has 0 saturated heterocycles. The SMILES string of the molecule is NS(=O)(=O)c1ccc(CNC(=O)Cn2cccn2)cc1. The van der Waals surface area contributed by atoms with Crippen LogP contribution in [-0.2, 0) is 27.9 Å². The van der Waals surface area contributed by atoms with Crippen LogP contribution in [0.2, 0.25) is 0 Å². The van der Waals surface area contributed by atoms with Gasteiger partial charge in [0, 0.05) is 18.9 Å². The molecule has 2 aromatic rings. The Bertz CT molecular complexity index is 678. The summed E-state index contributed by atoms with van der Waals surface area (Å²) in [7, 11) is -3.68. The highest BCUT2D eigenvalue weighted by molar-refractivity contribution is 7.89. The highest BCUT2D eigenvalue weighted by atomic mass is 32.2. The number of carbonyl (C=O) groups excluding carboxylic acids is 1. The molecular formula is C12H14N4O3S. The smallest absolute Gasteiger partial charge is 0.241 e. The predicted octanol–water partition coefficient (Wildman–Crippen LogP) is -0.153. The quantitative estimate of drug-likeness (QED) is 0.799. The maximum Gasteiger partial charge on any atom is 0.241 e. The third-order valence-electron chi connectivity index (χ3n) is 2.61. The van der Waals surface area contributed by atoms with Crippen molar-refractivity contribution in [2.75, 3.05) is 0 Å². The van der Waals surface area contributed by atoms with E-state index in [2.05, 4.69) is 10.4 Å². The number of primary sulfonamides is 1. The second-order valence-corrected chi connectivity index (χ2v) is 5.73. The van der Waals surface area contributed by atoms with Crippen molar-refractivity contribution in [1.29, 1.82) is 0 Å². The molecule has 1 aromatic carbocycles. The molecule has 0 atom stereocenters. The van der Waals surface area contributed by atoms with Gasteiger partial charge < -0.3 is 5.32 Å². The minimum Gasteiger partial charge on any atom is -0.350 e. The van der Waals surface area contributed by atoms with Gasteiger partial charge in [-0.1, -0.05) is 12.1 Å². The molecule has 7 nitrogen and oxygen atoms in total. The largest absolute Gasteiger partial charge is 0.350 e. The van der Waals surface area contributed by atoms with Gasteiger partial charge in [-0.3, -0.25) is 9.48 Å². The van der Waals surface area contributed by atoms with Gasteiger partial charge in [-0.15, -0.1) is 0 Å². The van der Waals surface area contributed by atoms with E-state index in [1.165, 1.54) is 16.8 Å². The summed E-state index contributed by atoms with van der Waals surface area (Å²) in [6, 6.07) is 7.76. The lowest BCUT2D eigenvalue weighted by Gasteiger charge is -2.06. The summed E-state index contributed by atoms with van der Waals surface area (Å²) in [5.41, 5.74) is 0.784. The number of carbonyl (C=O) groups is 1. The van der Waals surface area contributed by atoms with Crippen LogP contribution in [0, 0.1) is 0 Å². The van der Waals surface area contributed by atoms with Gasteiger partial charge in [-0.05, 0) is 23.8 Å². The Balaban J connectivity index is 1.89. The molecule has 0 aliphatic carbocycles. The molecule has 2 rings (SSSR count). The first-order chi connectivity index (χ1) is 9.45. The van der Waals surface area contributed by atoms with Crippen molar-refractivity contribution >= 4 is 15.9 Å². The first kappa shape index (κ1) is 14.2. The third-order valence-corrected chi connectivity index (χ3v) is 3.54. The average molecular weight is 294 g/mol. The molecule has 106 valence electrons. The lowest BCUT2D eigenvalue weighted by molar-refractivity contribution is -0.122. The van der Waals surface area contributed by atoms with E-state index >= 15 is 0 Å². The van der Waals surface area contributed by atoms with Crippen molar-refractivity contribution in [2.45, 2.75) is 18.0 Å². The van der Waals surface area contributed by atoms with Crippen LogP contribution >= 0.6 is 0 Å². The minimum atomic E-state index is -3.68. The van der Waals surface area contributed by atoms with Gasteiger partial charge >= 0.3 is 0 Å². The van der Waals surface area contributed by atoms with E-state index in [0.717, 1.165) is 5.56 Å². The van der Waals surface area contributed by atoms with Crippen LogP contribution in [-0.4, -0.2) is 24.1 Å². The molecule has 0 unspecified atom stereocenters. The number of sulfonamides is 1. The van der Waals surface area contributed by atoms with Gasteiger partial charge in [0.1, 0.15) is 6.54 Å². The van der Waals surface area contributed by atoms with Crippen LogP contribution in [0.25, 0.3) is 0 Å².